The van der Waals surface area contributed by atoms with Crippen molar-refractivity contribution in [2.75, 3.05) is 37.5 Å². The van der Waals surface area contributed by atoms with Crippen LogP contribution in [0.1, 0.15) is 23.5 Å². The van der Waals surface area contributed by atoms with Crippen molar-refractivity contribution in [3.63, 3.8) is 0 Å². The van der Waals surface area contributed by atoms with E-state index in [-0.39, 0.29) is 25.0 Å². The van der Waals surface area contributed by atoms with Crippen molar-refractivity contribution >= 4 is 41.5 Å². The Bertz CT molecular complexity index is 1020. The predicted octanol–water partition coefficient (Wildman–Crippen LogP) is 3.68. The number of aliphatic carboxylic acids is 1. The summed E-state index contributed by atoms with van der Waals surface area (Å²) in [5.74, 6) is 0.00387. The minimum Gasteiger partial charge on any atom is -0.480 e. The zero-order valence-corrected chi connectivity index (χ0v) is 20.6. The third-order valence-corrected chi connectivity index (χ3v) is 8.01. The highest BCUT2D eigenvalue weighted by atomic mass is 32.2. The summed E-state index contributed by atoms with van der Waals surface area (Å²) in [6, 6.07) is 15.5. The standard InChI is InChI=1S/C25H28N2O5S2/c1-33-12-10-21(23(28)27-11-13-34-22(14-27)24(29)30)26-25(31)32-15-20-18-8-4-2-6-16(18)17-7-3-5-9-19(17)20/h2-9,20-22H,10-15H2,1H3,(H,26,31)(H,29,30)/t21-,22?/m1/s1. The van der Waals surface area contributed by atoms with Gasteiger partial charge in [0.1, 0.15) is 17.9 Å². The van der Waals surface area contributed by atoms with Crippen LogP contribution in [0.25, 0.3) is 11.1 Å². The first-order valence-electron chi connectivity index (χ1n) is 11.2. The number of nitrogens with zero attached hydrogens (tertiary/aromatic N) is 1. The lowest BCUT2D eigenvalue weighted by Crippen LogP contribution is -2.53. The molecule has 2 atom stereocenters. The van der Waals surface area contributed by atoms with E-state index in [0.717, 1.165) is 22.3 Å². The number of benzene rings is 2. The molecule has 2 N–H and O–H groups in total. The molecule has 1 aliphatic heterocycles. The van der Waals surface area contributed by atoms with Crippen LogP contribution >= 0.6 is 23.5 Å². The highest BCUT2D eigenvalue weighted by Gasteiger charge is 2.34. The van der Waals surface area contributed by atoms with Crippen molar-refractivity contribution in [1.82, 2.24) is 10.2 Å². The Labute approximate surface area is 207 Å². The summed E-state index contributed by atoms with van der Waals surface area (Å²) in [5.41, 5.74) is 4.54. The van der Waals surface area contributed by atoms with Gasteiger partial charge in [0.2, 0.25) is 5.91 Å². The number of rotatable bonds is 8. The first kappa shape index (κ1) is 24.5. The number of carbonyl (C=O) groups is 3. The van der Waals surface area contributed by atoms with E-state index in [1.165, 1.54) is 11.8 Å². The Morgan fingerprint density at radius 1 is 1.15 bits per heavy atom. The zero-order valence-electron chi connectivity index (χ0n) is 18.9. The van der Waals surface area contributed by atoms with Gasteiger partial charge in [0.05, 0.1) is 0 Å². The molecule has 0 radical (unpaired) electrons. The van der Waals surface area contributed by atoms with Gasteiger partial charge in [0, 0.05) is 24.8 Å². The van der Waals surface area contributed by atoms with Crippen molar-refractivity contribution in [2.45, 2.75) is 23.6 Å². The van der Waals surface area contributed by atoms with E-state index in [9.17, 15) is 19.5 Å². The average molecular weight is 501 g/mol. The fourth-order valence-electron chi connectivity index (χ4n) is 4.49. The first-order valence-corrected chi connectivity index (χ1v) is 13.7. The van der Waals surface area contributed by atoms with Crippen LogP contribution in [0, 0.1) is 0 Å². The van der Waals surface area contributed by atoms with Gasteiger partial charge in [-0.05, 0) is 40.7 Å². The number of hydrogen-bond donors (Lipinski definition) is 2. The second kappa shape index (κ2) is 11.2. The molecule has 4 rings (SSSR count). The number of carboxylic acids is 1. The van der Waals surface area contributed by atoms with Gasteiger partial charge >= 0.3 is 12.1 Å². The lowest BCUT2D eigenvalue weighted by atomic mass is 9.98. The molecule has 34 heavy (non-hydrogen) atoms. The molecule has 1 unspecified atom stereocenters. The summed E-state index contributed by atoms with van der Waals surface area (Å²) in [4.78, 5) is 38.8. The quantitative estimate of drug-likeness (QED) is 0.571. The molecule has 180 valence electrons. The van der Waals surface area contributed by atoms with Gasteiger partial charge in [-0.15, -0.1) is 11.8 Å². The summed E-state index contributed by atoms with van der Waals surface area (Å²) in [6.45, 7) is 0.779. The van der Waals surface area contributed by atoms with Crippen molar-refractivity contribution in [2.24, 2.45) is 0 Å². The van der Waals surface area contributed by atoms with Crippen LogP contribution in [-0.2, 0) is 14.3 Å². The molecule has 2 aliphatic rings. The molecule has 2 aromatic rings. The van der Waals surface area contributed by atoms with Crippen LogP contribution in [-0.4, -0.2) is 76.7 Å². The number of thioether (sulfide) groups is 2. The monoisotopic (exact) mass is 500 g/mol. The smallest absolute Gasteiger partial charge is 0.407 e. The summed E-state index contributed by atoms with van der Waals surface area (Å²) < 4.78 is 5.62. The van der Waals surface area contributed by atoms with E-state index in [1.54, 1.807) is 16.7 Å². The predicted molar refractivity (Wildman–Crippen MR) is 135 cm³/mol. The number of carboxylic acid groups (broad SMARTS) is 1. The molecule has 0 spiro atoms. The van der Waals surface area contributed by atoms with E-state index in [1.807, 2.05) is 30.5 Å². The van der Waals surface area contributed by atoms with Crippen molar-refractivity contribution in [1.29, 1.82) is 0 Å². The lowest BCUT2D eigenvalue weighted by molar-refractivity contribution is -0.138. The van der Waals surface area contributed by atoms with Gasteiger partial charge in [-0.2, -0.15) is 11.8 Å². The number of fused-ring (bicyclic) bond motifs is 3. The van der Waals surface area contributed by atoms with Crippen molar-refractivity contribution in [3.8, 4) is 11.1 Å². The van der Waals surface area contributed by atoms with Crippen LogP contribution in [0.4, 0.5) is 4.79 Å². The van der Waals surface area contributed by atoms with Crippen LogP contribution < -0.4 is 5.32 Å². The van der Waals surface area contributed by atoms with Gasteiger partial charge in [0.15, 0.2) is 0 Å². The fourth-order valence-corrected chi connectivity index (χ4v) is 6.00. The Hall–Kier alpha value is -2.65. The summed E-state index contributed by atoms with van der Waals surface area (Å²) in [5, 5.41) is 11.4. The summed E-state index contributed by atoms with van der Waals surface area (Å²) >= 11 is 2.92. The third-order valence-electron chi connectivity index (χ3n) is 6.20. The number of alkyl carbamates (subject to hydrolysis) is 1. The Balaban J connectivity index is 1.41. The molecule has 1 fully saturated rings. The molecule has 7 nitrogen and oxygen atoms in total. The summed E-state index contributed by atoms with van der Waals surface area (Å²) in [7, 11) is 0. The minimum absolute atomic E-state index is 0.0612. The molecule has 0 saturated carbocycles. The van der Waals surface area contributed by atoms with E-state index < -0.39 is 23.4 Å². The molecule has 2 aromatic carbocycles. The molecule has 2 amide bonds. The summed E-state index contributed by atoms with van der Waals surface area (Å²) in [6.07, 6.45) is 1.75. The lowest BCUT2D eigenvalue weighted by Gasteiger charge is -2.33. The average Bonchev–Trinajstić information content (AvgIpc) is 3.18. The van der Waals surface area contributed by atoms with E-state index in [2.05, 4.69) is 29.6 Å². The molecule has 1 aliphatic carbocycles. The van der Waals surface area contributed by atoms with Crippen LogP contribution in [0.5, 0.6) is 0 Å². The van der Waals surface area contributed by atoms with Gasteiger partial charge < -0.3 is 20.1 Å². The third kappa shape index (κ3) is 5.36. The van der Waals surface area contributed by atoms with E-state index in [4.69, 9.17) is 4.74 Å². The van der Waals surface area contributed by atoms with Gasteiger partial charge in [-0.3, -0.25) is 9.59 Å². The Kier molecular flexibility index (Phi) is 8.05. The number of carbonyl (C=O) groups excluding carboxylic acids is 2. The van der Waals surface area contributed by atoms with Crippen molar-refractivity contribution in [3.05, 3.63) is 59.7 Å². The molecular formula is C25H28N2O5S2. The molecular weight excluding hydrogens is 472 g/mol. The number of amides is 2. The largest absolute Gasteiger partial charge is 0.480 e. The van der Waals surface area contributed by atoms with E-state index >= 15 is 0 Å². The fraction of sp³-hybridized carbons (Fsp3) is 0.400. The molecule has 0 bridgehead atoms. The van der Waals surface area contributed by atoms with Gasteiger partial charge in [-0.25, -0.2) is 4.79 Å². The topological polar surface area (TPSA) is 95.9 Å². The molecule has 9 heteroatoms. The van der Waals surface area contributed by atoms with Gasteiger partial charge in [-0.1, -0.05) is 48.5 Å². The number of nitrogens with one attached hydrogen (secondary N) is 1. The Morgan fingerprint density at radius 2 is 1.79 bits per heavy atom. The van der Waals surface area contributed by atoms with Crippen LogP contribution in [0.15, 0.2) is 48.5 Å². The van der Waals surface area contributed by atoms with E-state index in [0.29, 0.717) is 24.5 Å². The zero-order chi connectivity index (χ0) is 24.1. The highest BCUT2D eigenvalue weighted by Crippen LogP contribution is 2.44. The maximum absolute atomic E-state index is 13.1. The van der Waals surface area contributed by atoms with Crippen molar-refractivity contribution < 1.29 is 24.2 Å². The second-order valence-corrected chi connectivity index (χ2v) is 10.6. The van der Waals surface area contributed by atoms with Crippen LogP contribution in [0.2, 0.25) is 0 Å². The highest BCUT2D eigenvalue weighted by molar-refractivity contribution is 8.00. The number of ether oxygens (including phenoxy) is 1. The minimum atomic E-state index is -0.923. The normalized spacial score (nSPS) is 18.0. The molecule has 0 aromatic heterocycles. The maximum Gasteiger partial charge on any atom is 0.407 e. The maximum atomic E-state index is 13.1. The van der Waals surface area contributed by atoms with Gasteiger partial charge in [0.25, 0.3) is 0 Å². The van der Waals surface area contributed by atoms with Crippen LogP contribution in [0.3, 0.4) is 0 Å². The second-order valence-electron chi connectivity index (χ2n) is 8.29. The molecule has 1 heterocycles. The first-order chi connectivity index (χ1) is 16.5. The Morgan fingerprint density at radius 3 is 2.41 bits per heavy atom. The number of hydrogen-bond acceptors (Lipinski definition) is 6. The molecule has 1 saturated heterocycles. The SMILES string of the molecule is CSCC[C@@H](NC(=O)OCC1c2ccccc2-c2ccccc21)C(=O)N1CCSC(C(=O)O)C1.